The van der Waals surface area contributed by atoms with Crippen molar-refractivity contribution in [3.63, 3.8) is 0 Å². The Hall–Kier alpha value is -3.39. The van der Waals surface area contributed by atoms with Crippen LogP contribution in [0.4, 0.5) is 0 Å². The van der Waals surface area contributed by atoms with Gasteiger partial charge >= 0.3 is 0 Å². The molecule has 0 saturated heterocycles. The van der Waals surface area contributed by atoms with Gasteiger partial charge in [0.25, 0.3) is 5.56 Å². The predicted molar refractivity (Wildman–Crippen MR) is 135 cm³/mol. The average Bonchev–Trinajstić information content (AvgIpc) is 3.45. The van der Waals surface area contributed by atoms with E-state index in [0.717, 1.165) is 33.9 Å². The molecular formula is C26H27N5O2S. The Morgan fingerprint density at radius 2 is 1.91 bits per heavy atom. The van der Waals surface area contributed by atoms with Gasteiger partial charge < -0.3 is 4.42 Å². The van der Waals surface area contributed by atoms with E-state index in [1.54, 1.807) is 10.8 Å². The molecule has 0 bridgehead atoms. The first-order valence-corrected chi connectivity index (χ1v) is 12.4. The van der Waals surface area contributed by atoms with E-state index in [4.69, 9.17) is 9.40 Å². The number of aryl methyl sites for hydroxylation is 3. The monoisotopic (exact) mass is 473 g/mol. The summed E-state index contributed by atoms with van der Waals surface area (Å²) < 4.78 is 9.50. The van der Waals surface area contributed by atoms with Gasteiger partial charge in [0.2, 0.25) is 11.7 Å². The second-order valence-corrected chi connectivity index (χ2v) is 9.97. The number of fused-ring (bicyclic) bond motifs is 3. The lowest BCUT2D eigenvalue weighted by atomic mass is 10.1. The molecule has 0 N–H and O–H groups in total. The smallest absolute Gasteiger partial charge is 0.262 e. The zero-order chi connectivity index (χ0) is 23.8. The van der Waals surface area contributed by atoms with Crippen LogP contribution in [0.15, 0.2) is 63.1 Å². The Labute approximate surface area is 201 Å². The predicted octanol–water partition coefficient (Wildman–Crippen LogP) is 5.65. The van der Waals surface area contributed by atoms with E-state index in [1.807, 2.05) is 34.7 Å². The van der Waals surface area contributed by atoms with E-state index >= 15 is 0 Å². The van der Waals surface area contributed by atoms with Gasteiger partial charge in [0.15, 0.2) is 5.16 Å². The minimum Gasteiger partial charge on any atom is -0.444 e. The Morgan fingerprint density at radius 1 is 1.09 bits per heavy atom. The highest BCUT2D eigenvalue weighted by atomic mass is 32.2. The highest BCUT2D eigenvalue weighted by Crippen LogP contribution is 2.28. The second-order valence-electron chi connectivity index (χ2n) is 9.03. The molecule has 0 radical (unpaired) electrons. The minimum absolute atomic E-state index is 0.0256. The fourth-order valence-electron chi connectivity index (χ4n) is 4.10. The van der Waals surface area contributed by atoms with E-state index in [-0.39, 0.29) is 5.56 Å². The van der Waals surface area contributed by atoms with Crippen LogP contribution in [0.1, 0.15) is 37.1 Å². The van der Waals surface area contributed by atoms with Gasteiger partial charge in [0, 0.05) is 17.9 Å². The van der Waals surface area contributed by atoms with Crippen LogP contribution < -0.4 is 5.56 Å². The van der Waals surface area contributed by atoms with Gasteiger partial charge in [0.05, 0.1) is 16.6 Å². The summed E-state index contributed by atoms with van der Waals surface area (Å²) in [6.45, 7) is 9.05. The van der Waals surface area contributed by atoms with E-state index in [1.165, 1.54) is 17.3 Å². The molecule has 0 aliphatic carbocycles. The second kappa shape index (κ2) is 9.10. The summed E-state index contributed by atoms with van der Waals surface area (Å²) in [5.74, 6) is 2.25. The summed E-state index contributed by atoms with van der Waals surface area (Å²) in [4.78, 5) is 17.9. The summed E-state index contributed by atoms with van der Waals surface area (Å²) >= 11 is 1.53. The van der Waals surface area contributed by atoms with Crippen molar-refractivity contribution in [1.82, 2.24) is 24.1 Å². The largest absolute Gasteiger partial charge is 0.444 e. The molecule has 0 atom stereocenters. The zero-order valence-corrected chi connectivity index (χ0v) is 20.6. The van der Waals surface area contributed by atoms with Gasteiger partial charge in [-0.05, 0) is 49.9 Å². The Morgan fingerprint density at radius 3 is 2.71 bits per heavy atom. The van der Waals surface area contributed by atoms with Crippen LogP contribution in [-0.4, -0.2) is 24.1 Å². The Bertz CT molecular complexity index is 1550. The average molecular weight is 474 g/mol. The number of thioether (sulfide) groups is 1. The Kier molecular flexibility index (Phi) is 6.00. The van der Waals surface area contributed by atoms with Crippen LogP contribution >= 0.6 is 11.8 Å². The minimum atomic E-state index is -0.0256. The maximum Gasteiger partial charge on any atom is 0.262 e. The molecule has 0 saturated carbocycles. The Balaban J connectivity index is 1.48. The summed E-state index contributed by atoms with van der Waals surface area (Å²) in [5, 5.41) is 10.2. The molecule has 5 aromatic rings. The molecule has 7 nitrogen and oxygen atoms in total. The van der Waals surface area contributed by atoms with Crippen LogP contribution in [-0.2, 0) is 12.3 Å². The third-order valence-corrected chi connectivity index (χ3v) is 6.88. The molecular weight excluding hydrogens is 446 g/mol. The molecule has 174 valence electrons. The highest BCUT2D eigenvalue weighted by molar-refractivity contribution is 7.98. The number of aromatic nitrogens is 5. The molecule has 34 heavy (non-hydrogen) atoms. The van der Waals surface area contributed by atoms with Crippen molar-refractivity contribution in [3.8, 4) is 11.5 Å². The van der Waals surface area contributed by atoms with Crippen LogP contribution in [0.2, 0.25) is 0 Å². The number of para-hydroxylation sites is 1. The van der Waals surface area contributed by atoms with Crippen molar-refractivity contribution in [2.75, 3.05) is 0 Å². The lowest BCUT2D eigenvalue weighted by Crippen LogP contribution is -2.24. The van der Waals surface area contributed by atoms with Gasteiger partial charge in [0.1, 0.15) is 6.26 Å². The topological polar surface area (TPSA) is 78.2 Å². The number of nitrogens with zero attached hydrogens (tertiary/aromatic N) is 5. The highest BCUT2D eigenvalue weighted by Gasteiger charge is 2.18. The summed E-state index contributed by atoms with van der Waals surface area (Å²) in [7, 11) is 0. The van der Waals surface area contributed by atoms with Crippen molar-refractivity contribution in [2.24, 2.45) is 5.92 Å². The lowest BCUT2D eigenvalue weighted by molar-refractivity contribution is 0.512. The first-order chi connectivity index (χ1) is 16.4. The summed E-state index contributed by atoms with van der Waals surface area (Å²) in [6, 6.07) is 13.9. The lowest BCUT2D eigenvalue weighted by Gasteiger charge is -2.12. The SMILES string of the molecule is Cc1ccc(-c2nc(CSc3nnc4n(CCC(C)C)c(=O)c5ccccc5n34)co2)c(C)c1. The standard InChI is InChI=1S/C26H27N5O2S/c1-16(2)11-12-30-24(32)21-7-5-6-8-22(21)31-25(30)28-29-26(31)34-15-19-14-33-23(27-19)20-10-9-17(3)13-18(20)4/h5-10,13-14,16H,11-12,15H2,1-4H3. The van der Waals surface area contributed by atoms with Gasteiger partial charge in [-0.3, -0.25) is 13.8 Å². The number of hydrogen-bond donors (Lipinski definition) is 0. The molecule has 3 aromatic heterocycles. The molecule has 0 unspecified atom stereocenters. The van der Waals surface area contributed by atoms with Gasteiger partial charge in [-0.25, -0.2) is 4.98 Å². The zero-order valence-electron chi connectivity index (χ0n) is 19.8. The summed E-state index contributed by atoms with van der Waals surface area (Å²) in [5.41, 5.74) is 4.95. The van der Waals surface area contributed by atoms with Crippen molar-refractivity contribution in [2.45, 2.75) is 51.6 Å². The third-order valence-electron chi connectivity index (χ3n) is 5.92. The van der Waals surface area contributed by atoms with Crippen molar-refractivity contribution in [3.05, 3.63) is 75.9 Å². The first kappa shape index (κ1) is 22.4. The van der Waals surface area contributed by atoms with Crippen molar-refractivity contribution >= 4 is 28.4 Å². The maximum absolute atomic E-state index is 13.2. The number of hydrogen-bond acceptors (Lipinski definition) is 6. The molecule has 2 aromatic carbocycles. The maximum atomic E-state index is 13.2. The quantitative estimate of drug-likeness (QED) is 0.284. The van der Waals surface area contributed by atoms with E-state index in [2.05, 4.69) is 50.0 Å². The van der Waals surface area contributed by atoms with Gasteiger partial charge in [-0.15, -0.1) is 10.2 Å². The normalized spacial score (nSPS) is 11.8. The van der Waals surface area contributed by atoms with E-state index in [0.29, 0.717) is 35.3 Å². The number of rotatable bonds is 7. The molecule has 5 rings (SSSR count). The molecule has 0 fully saturated rings. The molecule has 0 spiro atoms. The number of oxazole rings is 1. The van der Waals surface area contributed by atoms with Crippen LogP contribution in [0.5, 0.6) is 0 Å². The third kappa shape index (κ3) is 4.14. The first-order valence-electron chi connectivity index (χ1n) is 11.4. The summed E-state index contributed by atoms with van der Waals surface area (Å²) in [6.07, 6.45) is 2.59. The van der Waals surface area contributed by atoms with E-state index in [9.17, 15) is 4.79 Å². The fraction of sp³-hybridized carbons (Fsp3) is 0.308. The fourth-order valence-corrected chi connectivity index (χ4v) is 4.92. The van der Waals surface area contributed by atoms with Crippen LogP contribution in [0, 0.1) is 19.8 Å². The molecule has 8 heteroatoms. The molecule has 3 heterocycles. The molecule has 0 aliphatic heterocycles. The van der Waals surface area contributed by atoms with Crippen molar-refractivity contribution < 1.29 is 4.42 Å². The van der Waals surface area contributed by atoms with Crippen molar-refractivity contribution in [1.29, 1.82) is 0 Å². The van der Waals surface area contributed by atoms with E-state index < -0.39 is 0 Å². The van der Waals surface area contributed by atoms with Gasteiger partial charge in [-0.2, -0.15) is 0 Å². The van der Waals surface area contributed by atoms with Gasteiger partial charge in [-0.1, -0.05) is 55.4 Å². The van der Waals surface area contributed by atoms with Crippen LogP contribution in [0.25, 0.3) is 28.1 Å². The molecule has 0 aliphatic rings. The molecule has 0 amide bonds. The number of benzene rings is 2. The van der Waals surface area contributed by atoms with Crippen LogP contribution in [0.3, 0.4) is 0 Å².